The van der Waals surface area contributed by atoms with E-state index in [9.17, 15) is 14.0 Å². The monoisotopic (exact) mass is 418 g/mol. The average Bonchev–Trinajstić information content (AvgIpc) is 3.42. The molecule has 3 atom stereocenters. The van der Waals surface area contributed by atoms with Crippen molar-refractivity contribution >= 4 is 17.8 Å². The summed E-state index contributed by atoms with van der Waals surface area (Å²) in [5, 5.41) is 16.4. The number of aromatic nitrogens is 4. The molecule has 3 rings (SSSR count). The number of anilines is 1. The molecule has 0 saturated heterocycles. The molecule has 3 N–H and O–H groups in total. The number of nitrogens with zero attached hydrogens (tertiary/aromatic N) is 3. The van der Waals surface area contributed by atoms with E-state index >= 15 is 0 Å². The van der Waals surface area contributed by atoms with Gasteiger partial charge in [0.15, 0.2) is 5.82 Å². The molecular formula is C20H27FN6O3. The zero-order chi connectivity index (χ0) is 21.7. The van der Waals surface area contributed by atoms with E-state index < -0.39 is 18.0 Å². The smallest absolute Gasteiger partial charge is 0.407 e. The van der Waals surface area contributed by atoms with Crippen molar-refractivity contribution in [3.63, 3.8) is 0 Å². The first-order valence-corrected chi connectivity index (χ1v) is 9.95. The number of nitrogens with one attached hydrogen (secondary N) is 3. The maximum absolute atomic E-state index is 13.4. The van der Waals surface area contributed by atoms with Crippen LogP contribution in [-0.4, -0.2) is 44.1 Å². The van der Waals surface area contributed by atoms with Gasteiger partial charge in [-0.15, -0.1) is 0 Å². The van der Waals surface area contributed by atoms with Crippen LogP contribution in [0.4, 0.5) is 15.0 Å². The van der Waals surface area contributed by atoms with Gasteiger partial charge in [0.1, 0.15) is 11.9 Å². The molecule has 0 aromatic carbocycles. The second-order valence-electron chi connectivity index (χ2n) is 7.53. The number of carbonyl (C=O) groups excluding carboxylic acids is 2. The molecule has 0 spiro atoms. The SMILES string of the molecule is CC=C(F)[C@H](C)NC(=O)O[C@@H]1CC[C@H](c2cc(NC(=O)Cc3cnn(C)c3)n[nH]2)C1. The molecule has 0 bridgehead atoms. The highest BCUT2D eigenvalue weighted by molar-refractivity contribution is 5.91. The Labute approximate surface area is 174 Å². The fourth-order valence-corrected chi connectivity index (χ4v) is 3.56. The first kappa shape index (κ1) is 21.5. The molecule has 0 aliphatic heterocycles. The minimum absolute atomic E-state index is 0.143. The largest absolute Gasteiger partial charge is 0.446 e. The maximum atomic E-state index is 13.4. The minimum Gasteiger partial charge on any atom is -0.446 e. The lowest BCUT2D eigenvalue weighted by Gasteiger charge is -2.16. The number of allylic oxidation sites excluding steroid dienone is 1. The zero-order valence-corrected chi connectivity index (χ0v) is 17.3. The van der Waals surface area contributed by atoms with E-state index in [0.29, 0.717) is 18.7 Å². The summed E-state index contributed by atoms with van der Waals surface area (Å²) in [5.74, 6) is 0.0141. The Hall–Kier alpha value is -3.17. The Morgan fingerprint density at radius 3 is 2.97 bits per heavy atom. The second kappa shape index (κ2) is 9.55. The van der Waals surface area contributed by atoms with Crippen LogP contribution in [-0.2, 0) is 23.0 Å². The predicted octanol–water partition coefficient (Wildman–Crippen LogP) is 2.95. The van der Waals surface area contributed by atoms with Gasteiger partial charge in [-0.3, -0.25) is 14.6 Å². The Morgan fingerprint density at radius 1 is 1.47 bits per heavy atom. The van der Waals surface area contributed by atoms with Crippen LogP contribution >= 0.6 is 0 Å². The number of H-pyrrole nitrogens is 1. The molecule has 2 aromatic rings. The van der Waals surface area contributed by atoms with E-state index in [1.165, 1.54) is 6.08 Å². The third-order valence-corrected chi connectivity index (χ3v) is 5.11. The van der Waals surface area contributed by atoms with Crippen molar-refractivity contribution in [3.8, 4) is 0 Å². The lowest BCUT2D eigenvalue weighted by atomic mass is 10.0. The van der Waals surface area contributed by atoms with Crippen LogP contribution in [0.5, 0.6) is 0 Å². The summed E-state index contributed by atoms with van der Waals surface area (Å²) in [5.41, 5.74) is 1.70. The first-order chi connectivity index (χ1) is 14.3. The van der Waals surface area contributed by atoms with Crippen LogP contribution in [0.3, 0.4) is 0 Å². The van der Waals surface area contributed by atoms with Crippen LogP contribution in [0.25, 0.3) is 0 Å². The summed E-state index contributed by atoms with van der Waals surface area (Å²) in [6, 6.07) is 1.09. The lowest BCUT2D eigenvalue weighted by Crippen LogP contribution is -2.35. The number of hydrogen-bond acceptors (Lipinski definition) is 5. The van der Waals surface area contributed by atoms with Crippen LogP contribution in [0.1, 0.15) is 50.3 Å². The van der Waals surface area contributed by atoms with Gasteiger partial charge >= 0.3 is 6.09 Å². The van der Waals surface area contributed by atoms with Gasteiger partial charge in [-0.1, -0.05) is 6.08 Å². The Morgan fingerprint density at radius 2 is 2.27 bits per heavy atom. The van der Waals surface area contributed by atoms with E-state index in [2.05, 4.69) is 25.9 Å². The number of rotatable bonds is 7. The summed E-state index contributed by atoms with van der Waals surface area (Å²) in [4.78, 5) is 24.1. The van der Waals surface area contributed by atoms with E-state index in [0.717, 1.165) is 17.7 Å². The minimum atomic E-state index is -0.717. The molecule has 30 heavy (non-hydrogen) atoms. The Balaban J connectivity index is 1.47. The normalized spacial score (nSPS) is 20.1. The Bertz CT molecular complexity index is 921. The molecule has 2 heterocycles. The van der Waals surface area contributed by atoms with Gasteiger partial charge in [0.25, 0.3) is 0 Å². The highest BCUT2D eigenvalue weighted by Gasteiger charge is 2.30. The van der Waals surface area contributed by atoms with Gasteiger partial charge < -0.3 is 15.4 Å². The molecular weight excluding hydrogens is 391 g/mol. The van der Waals surface area contributed by atoms with E-state index in [1.54, 1.807) is 44.0 Å². The van der Waals surface area contributed by atoms with Crippen molar-refractivity contribution in [2.24, 2.45) is 7.05 Å². The summed E-state index contributed by atoms with van der Waals surface area (Å²) >= 11 is 0. The van der Waals surface area contributed by atoms with Crippen molar-refractivity contribution < 1.29 is 18.7 Å². The van der Waals surface area contributed by atoms with Crippen molar-refractivity contribution in [1.29, 1.82) is 0 Å². The van der Waals surface area contributed by atoms with Gasteiger partial charge in [-0.2, -0.15) is 10.2 Å². The fourth-order valence-electron chi connectivity index (χ4n) is 3.56. The van der Waals surface area contributed by atoms with Gasteiger partial charge in [0.05, 0.1) is 18.7 Å². The molecule has 2 aromatic heterocycles. The lowest BCUT2D eigenvalue weighted by molar-refractivity contribution is -0.115. The molecule has 0 unspecified atom stereocenters. The second-order valence-corrected chi connectivity index (χ2v) is 7.53. The third kappa shape index (κ3) is 5.68. The Kier molecular flexibility index (Phi) is 6.86. The number of aromatic amines is 1. The molecule has 10 heteroatoms. The van der Waals surface area contributed by atoms with Crippen molar-refractivity contribution in [2.45, 2.75) is 57.6 Å². The topological polar surface area (TPSA) is 114 Å². The first-order valence-electron chi connectivity index (χ1n) is 9.95. The summed E-state index contributed by atoms with van der Waals surface area (Å²) < 4.78 is 20.5. The molecule has 9 nitrogen and oxygen atoms in total. The van der Waals surface area contributed by atoms with Crippen molar-refractivity contribution in [3.05, 3.63) is 41.6 Å². The van der Waals surface area contributed by atoms with Crippen LogP contribution < -0.4 is 10.6 Å². The van der Waals surface area contributed by atoms with Crippen LogP contribution in [0, 0.1) is 0 Å². The van der Waals surface area contributed by atoms with Gasteiger partial charge in [0.2, 0.25) is 5.91 Å². The number of alkyl carbamates (subject to hydrolysis) is 1. The maximum Gasteiger partial charge on any atom is 0.407 e. The third-order valence-electron chi connectivity index (χ3n) is 5.11. The highest BCUT2D eigenvalue weighted by atomic mass is 19.1. The average molecular weight is 418 g/mol. The number of ether oxygens (including phenoxy) is 1. The number of amides is 2. The summed E-state index contributed by atoms with van der Waals surface area (Å²) in [6.45, 7) is 3.13. The van der Waals surface area contributed by atoms with Crippen molar-refractivity contribution in [1.82, 2.24) is 25.3 Å². The van der Waals surface area contributed by atoms with E-state index in [1.807, 2.05) is 0 Å². The highest BCUT2D eigenvalue weighted by Crippen LogP contribution is 2.35. The number of aryl methyl sites for hydroxylation is 1. The molecule has 1 aliphatic carbocycles. The quantitative estimate of drug-likeness (QED) is 0.640. The van der Waals surface area contributed by atoms with Crippen molar-refractivity contribution in [2.75, 3.05) is 5.32 Å². The van der Waals surface area contributed by atoms with Crippen LogP contribution in [0.2, 0.25) is 0 Å². The summed E-state index contributed by atoms with van der Waals surface area (Å²) in [6.07, 6.45) is 6.26. The number of halogens is 1. The molecule has 162 valence electrons. The molecule has 0 radical (unpaired) electrons. The molecule has 1 fully saturated rings. The standard InChI is InChI=1S/C20H27FN6O3/c1-4-16(21)12(2)23-20(29)30-15-6-5-14(8-15)17-9-18(26-25-17)24-19(28)7-13-10-22-27(3)11-13/h4,9-12,14-15H,5-8H2,1-3H3,(H,23,29)(H2,24,25,26,28)/t12-,14-,15+/m0/s1. The number of carbonyl (C=O) groups is 2. The summed E-state index contributed by atoms with van der Waals surface area (Å²) in [7, 11) is 1.80. The van der Waals surface area contributed by atoms with Gasteiger partial charge in [-0.05, 0) is 38.7 Å². The van der Waals surface area contributed by atoms with E-state index in [-0.39, 0.29) is 24.3 Å². The zero-order valence-electron chi connectivity index (χ0n) is 17.3. The molecule has 2 amide bonds. The fraction of sp³-hybridized carbons (Fsp3) is 0.500. The predicted molar refractivity (Wildman–Crippen MR) is 108 cm³/mol. The van der Waals surface area contributed by atoms with Crippen LogP contribution in [0.15, 0.2) is 30.4 Å². The van der Waals surface area contributed by atoms with E-state index in [4.69, 9.17) is 4.74 Å². The number of hydrogen-bond donors (Lipinski definition) is 3. The molecule has 1 aliphatic rings. The van der Waals surface area contributed by atoms with Gasteiger partial charge in [-0.25, -0.2) is 9.18 Å². The molecule has 1 saturated carbocycles. The van der Waals surface area contributed by atoms with Gasteiger partial charge in [0, 0.05) is 30.9 Å².